The Kier molecular flexibility index (Phi) is 14.9. The summed E-state index contributed by atoms with van der Waals surface area (Å²) in [6.45, 7) is 4.42. The lowest BCUT2D eigenvalue weighted by Gasteiger charge is -2.07. The number of esters is 1. The van der Waals surface area contributed by atoms with Crippen LogP contribution < -0.4 is 0 Å². The van der Waals surface area contributed by atoms with Gasteiger partial charge in [0, 0.05) is 6.08 Å². The summed E-state index contributed by atoms with van der Waals surface area (Å²) in [5.41, 5.74) is 0. The molecule has 0 spiro atoms. The maximum absolute atomic E-state index is 11.1. The second-order valence-corrected chi connectivity index (χ2v) is 5.66. The van der Waals surface area contributed by atoms with Crippen LogP contribution in [-0.4, -0.2) is 23.8 Å². The standard InChI is InChI=1S/C18H34O3/c1-3-5-6-7-8-9-10-11-12-14-17(19)15-13-16-18(20)21-4-2/h13,16-17,19H,3-12,14-15H2,1-2H3/b16-13+/t17-/m1/s1. The molecule has 0 aromatic heterocycles. The highest BCUT2D eigenvalue weighted by Crippen LogP contribution is 2.12. The fourth-order valence-corrected chi connectivity index (χ4v) is 2.32. The summed E-state index contributed by atoms with van der Waals surface area (Å²) in [6.07, 6.45) is 15.8. The second kappa shape index (κ2) is 15.6. The lowest BCUT2D eigenvalue weighted by Crippen LogP contribution is -2.05. The van der Waals surface area contributed by atoms with Gasteiger partial charge >= 0.3 is 5.97 Å². The summed E-state index contributed by atoms with van der Waals surface area (Å²) in [7, 11) is 0. The SMILES string of the molecule is CCCCCCCCCCC[C@@H](O)C/C=C/C(=O)OCC. The molecule has 0 saturated carbocycles. The molecule has 0 bridgehead atoms. The molecule has 3 heteroatoms. The molecule has 124 valence electrons. The quantitative estimate of drug-likeness (QED) is 0.285. The van der Waals surface area contributed by atoms with Crippen LogP contribution in [0.25, 0.3) is 0 Å². The smallest absolute Gasteiger partial charge is 0.330 e. The Hall–Kier alpha value is -0.830. The maximum Gasteiger partial charge on any atom is 0.330 e. The molecule has 0 saturated heterocycles. The highest BCUT2D eigenvalue weighted by molar-refractivity contribution is 5.81. The lowest BCUT2D eigenvalue weighted by atomic mass is 10.0. The molecule has 0 amide bonds. The van der Waals surface area contributed by atoms with Crippen molar-refractivity contribution in [1.82, 2.24) is 0 Å². The van der Waals surface area contributed by atoms with E-state index in [0.717, 1.165) is 12.8 Å². The Morgan fingerprint density at radius 1 is 1.00 bits per heavy atom. The van der Waals surface area contributed by atoms with E-state index < -0.39 is 0 Å². The topological polar surface area (TPSA) is 46.5 Å². The van der Waals surface area contributed by atoms with Gasteiger partial charge in [-0.25, -0.2) is 4.79 Å². The third-order valence-corrected chi connectivity index (χ3v) is 3.59. The minimum Gasteiger partial charge on any atom is -0.463 e. The zero-order chi connectivity index (χ0) is 15.8. The summed E-state index contributed by atoms with van der Waals surface area (Å²) in [5, 5.41) is 9.79. The minimum absolute atomic E-state index is 0.326. The van der Waals surface area contributed by atoms with E-state index in [1.54, 1.807) is 13.0 Å². The molecule has 0 aliphatic carbocycles. The summed E-state index contributed by atoms with van der Waals surface area (Å²) in [6, 6.07) is 0. The average molecular weight is 298 g/mol. The van der Waals surface area contributed by atoms with E-state index in [0.29, 0.717) is 13.0 Å². The van der Waals surface area contributed by atoms with Crippen LogP contribution >= 0.6 is 0 Å². The van der Waals surface area contributed by atoms with E-state index in [1.807, 2.05) is 0 Å². The zero-order valence-corrected chi connectivity index (χ0v) is 14.0. The van der Waals surface area contributed by atoms with Crippen molar-refractivity contribution in [1.29, 1.82) is 0 Å². The first-order valence-corrected chi connectivity index (χ1v) is 8.72. The summed E-state index contributed by atoms with van der Waals surface area (Å²) < 4.78 is 4.78. The van der Waals surface area contributed by atoms with Crippen LogP contribution in [0.2, 0.25) is 0 Å². The van der Waals surface area contributed by atoms with Crippen LogP contribution in [0.3, 0.4) is 0 Å². The van der Waals surface area contributed by atoms with E-state index in [-0.39, 0.29) is 12.1 Å². The number of hydrogen-bond donors (Lipinski definition) is 1. The largest absolute Gasteiger partial charge is 0.463 e. The minimum atomic E-state index is -0.333. The number of carbonyl (C=O) groups excluding carboxylic acids is 1. The third-order valence-electron chi connectivity index (χ3n) is 3.59. The molecular formula is C18H34O3. The predicted octanol–water partition coefficient (Wildman–Crippen LogP) is 4.78. The van der Waals surface area contributed by atoms with Crippen molar-refractivity contribution < 1.29 is 14.6 Å². The van der Waals surface area contributed by atoms with Crippen molar-refractivity contribution in [3.63, 3.8) is 0 Å². The third kappa shape index (κ3) is 15.4. The van der Waals surface area contributed by atoms with Crippen LogP contribution in [-0.2, 0) is 9.53 Å². The molecule has 1 N–H and O–H groups in total. The van der Waals surface area contributed by atoms with E-state index in [4.69, 9.17) is 4.74 Å². The van der Waals surface area contributed by atoms with Crippen LogP contribution in [0.5, 0.6) is 0 Å². The molecule has 0 rings (SSSR count). The fourth-order valence-electron chi connectivity index (χ4n) is 2.32. The van der Waals surface area contributed by atoms with Gasteiger partial charge < -0.3 is 9.84 Å². The van der Waals surface area contributed by atoms with Gasteiger partial charge in [-0.1, -0.05) is 70.8 Å². The van der Waals surface area contributed by atoms with Crippen LogP contribution in [0.15, 0.2) is 12.2 Å². The highest BCUT2D eigenvalue weighted by atomic mass is 16.5. The number of unbranched alkanes of at least 4 members (excludes halogenated alkanes) is 8. The van der Waals surface area contributed by atoms with E-state index in [2.05, 4.69) is 6.92 Å². The molecule has 3 nitrogen and oxygen atoms in total. The van der Waals surface area contributed by atoms with Crippen molar-refractivity contribution in [2.24, 2.45) is 0 Å². The van der Waals surface area contributed by atoms with Gasteiger partial charge in [0.25, 0.3) is 0 Å². The number of hydrogen-bond acceptors (Lipinski definition) is 3. The van der Waals surface area contributed by atoms with Crippen molar-refractivity contribution in [2.75, 3.05) is 6.61 Å². The molecule has 0 aromatic carbocycles. The van der Waals surface area contributed by atoms with E-state index >= 15 is 0 Å². The van der Waals surface area contributed by atoms with Gasteiger partial charge in [0.15, 0.2) is 0 Å². The van der Waals surface area contributed by atoms with Gasteiger partial charge in [0.1, 0.15) is 0 Å². The number of carbonyl (C=O) groups is 1. The zero-order valence-electron chi connectivity index (χ0n) is 14.0. The first kappa shape index (κ1) is 20.2. The molecule has 1 atom stereocenters. The normalized spacial score (nSPS) is 12.7. The monoisotopic (exact) mass is 298 g/mol. The van der Waals surface area contributed by atoms with Crippen LogP contribution in [0.4, 0.5) is 0 Å². The Morgan fingerprint density at radius 2 is 1.57 bits per heavy atom. The Bertz CT molecular complexity index is 261. The van der Waals surface area contributed by atoms with Crippen molar-refractivity contribution in [3.05, 3.63) is 12.2 Å². The summed E-state index contributed by atoms with van der Waals surface area (Å²) in [5.74, 6) is -0.326. The van der Waals surface area contributed by atoms with Crippen molar-refractivity contribution in [2.45, 2.75) is 90.6 Å². The molecule has 0 fully saturated rings. The number of ether oxygens (including phenoxy) is 1. The summed E-state index contributed by atoms with van der Waals surface area (Å²) >= 11 is 0. The first-order valence-electron chi connectivity index (χ1n) is 8.72. The molecule has 0 aromatic rings. The maximum atomic E-state index is 11.1. The number of aliphatic hydroxyl groups excluding tert-OH is 1. The molecule has 0 heterocycles. The molecular weight excluding hydrogens is 264 g/mol. The highest BCUT2D eigenvalue weighted by Gasteiger charge is 2.02. The van der Waals surface area contributed by atoms with Gasteiger partial charge in [0.2, 0.25) is 0 Å². The molecule has 0 aliphatic heterocycles. The fraction of sp³-hybridized carbons (Fsp3) is 0.833. The van der Waals surface area contributed by atoms with Gasteiger partial charge in [-0.3, -0.25) is 0 Å². The Balaban J connectivity index is 3.33. The van der Waals surface area contributed by atoms with Gasteiger partial charge in [-0.05, 0) is 19.8 Å². The van der Waals surface area contributed by atoms with Gasteiger partial charge in [-0.15, -0.1) is 0 Å². The first-order chi connectivity index (χ1) is 10.2. The number of aliphatic hydroxyl groups is 1. The Morgan fingerprint density at radius 3 is 2.14 bits per heavy atom. The molecule has 0 unspecified atom stereocenters. The van der Waals surface area contributed by atoms with E-state index in [1.165, 1.54) is 57.4 Å². The summed E-state index contributed by atoms with van der Waals surface area (Å²) in [4.78, 5) is 11.1. The van der Waals surface area contributed by atoms with Crippen molar-refractivity contribution in [3.8, 4) is 0 Å². The molecule has 0 aliphatic rings. The molecule has 0 radical (unpaired) electrons. The van der Waals surface area contributed by atoms with E-state index in [9.17, 15) is 9.90 Å². The number of rotatable bonds is 14. The van der Waals surface area contributed by atoms with Crippen LogP contribution in [0, 0.1) is 0 Å². The van der Waals surface area contributed by atoms with Crippen LogP contribution in [0.1, 0.15) is 84.5 Å². The predicted molar refractivity (Wildman–Crippen MR) is 88.2 cm³/mol. The second-order valence-electron chi connectivity index (χ2n) is 5.66. The van der Waals surface area contributed by atoms with Crippen molar-refractivity contribution >= 4 is 5.97 Å². The Labute approximate surface area is 130 Å². The lowest BCUT2D eigenvalue weighted by molar-refractivity contribution is -0.137. The molecule has 21 heavy (non-hydrogen) atoms. The average Bonchev–Trinajstić information content (AvgIpc) is 2.46. The van der Waals surface area contributed by atoms with Gasteiger partial charge in [-0.2, -0.15) is 0 Å². The van der Waals surface area contributed by atoms with Gasteiger partial charge in [0.05, 0.1) is 12.7 Å².